The van der Waals surface area contributed by atoms with Crippen LogP contribution in [0.2, 0.25) is 5.02 Å². The molecular formula is C47H55ClN3O14S4+. The largest absolute Gasteiger partial charge is 0.481 e. The molecule has 1 aromatic heterocycles. The number of aryl methyl sites for hydroxylation is 2. The molecule has 2 aliphatic heterocycles. The van der Waals surface area contributed by atoms with Gasteiger partial charge in [0.1, 0.15) is 11.1 Å². The van der Waals surface area contributed by atoms with E-state index in [1.807, 2.05) is 91.8 Å². The van der Waals surface area contributed by atoms with Crippen molar-refractivity contribution in [2.45, 2.75) is 106 Å². The van der Waals surface area contributed by atoms with Crippen molar-refractivity contribution < 1.29 is 66.4 Å². The molecule has 0 fully saturated rings. The second kappa shape index (κ2) is 20.5. The van der Waals surface area contributed by atoms with E-state index < -0.39 is 72.8 Å². The third-order valence-corrected chi connectivity index (χ3v) is 15.9. The van der Waals surface area contributed by atoms with Gasteiger partial charge in [-0.3, -0.25) is 23.0 Å². The third-order valence-electron chi connectivity index (χ3n) is 12.4. The molecule has 3 aromatic carbocycles. The molecule has 372 valence electrons. The van der Waals surface area contributed by atoms with E-state index in [1.54, 1.807) is 12.3 Å². The minimum absolute atomic E-state index is 0.00899. The Morgan fingerprint density at radius 3 is 2.10 bits per heavy atom. The number of aliphatic carboxylic acids is 1. The number of hydrogen-bond donors (Lipinski definition) is 5. The number of aromatic nitrogens is 1. The van der Waals surface area contributed by atoms with Crippen molar-refractivity contribution in [2.75, 3.05) is 23.0 Å². The van der Waals surface area contributed by atoms with E-state index in [0.29, 0.717) is 77.4 Å². The Morgan fingerprint density at radius 1 is 0.783 bits per heavy atom. The number of halogens is 1. The fourth-order valence-electron chi connectivity index (χ4n) is 8.96. The summed E-state index contributed by atoms with van der Waals surface area (Å²) < 4.78 is 138. The summed E-state index contributed by atoms with van der Waals surface area (Å²) in [5.41, 5.74) is 3.77. The molecule has 0 atom stereocenters. The molecule has 0 saturated heterocycles. The fourth-order valence-corrected chi connectivity index (χ4v) is 11.7. The fraction of sp³-hybridized carbons (Fsp3) is 0.383. The van der Waals surface area contributed by atoms with Crippen molar-refractivity contribution in [1.29, 1.82) is 0 Å². The lowest BCUT2D eigenvalue weighted by atomic mass is 9.80. The van der Waals surface area contributed by atoms with Gasteiger partial charge in [0.2, 0.25) is 0 Å². The summed E-state index contributed by atoms with van der Waals surface area (Å²) in [6.45, 7) is 8.22. The summed E-state index contributed by atoms with van der Waals surface area (Å²) >= 11 is 6.60. The maximum absolute atomic E-state index is 12.7. The predicted octanol–water partition coefficient (Wildman–Crippen LogP) is 8.09. The van der Waals surface area contributed by atoms with Gasteiger partial charge in [-0.15, -0.1) is 0 Å². The zero-order valence-electron chi connectivity index (χ0n) is 38.3. The first kappa shape index (κ1) is 53.5. The number of rotatable bonds is 21. The minimum Gasteiger partial charge on any atom is -0.481 e. The topological polar surface area (TPSA) is 274 Å². The van der Waals surface area contributed by atoms with Gasteiger partial charge in [-0.25, -0.2) is 4.57 Å². The molecule has 0 radical (unpaired) electrons. The summed E-state index contributed by atoms with van der Waals surface area (Å²) in [6, 6.07) is 14.4. The van der Waals surface area contributed by atoms with Crippen LogP contribution in [0.5, 0.6) is 0 Å². The van der Waals surface area contributed by atoms with E-state index in [4.69, 9.17) is 16.6 Å². The van der Waals surface area contributed by atoms with E-state index in [9.17, 15) is 61.8 Å². The molecule has 0 saturated carbocycles. The number of nitrogens with zero attached hydrogens (tertiary/aromatic N) is 3. The lowest BCUT2D eigenvalue weighted by molar-refractivity contribution is -0.684. The summed E-state index contributed by atoms with van der Waals surface area (Å²) in [6.07, 6.45) is 11.9. The first-order chi connectivity index (χ1) is 32.0. The highest BCUT2D eigenvalue weighted by Crippen LogP contribution is 2.52. The lowest BCUT2D eigenvalue weighted by Crippen LogP contribution is -2.35. The van der Waals surface area contributed by atoms with Crippen LogP contribution in [0.25, 0.3) is 16.3 Å². The van der Waals surface area contributed by atoms with Gasteiger partial charge >= 0.3 is 11.8 Å². The highest BCUT2D eigenvalue weighted by atomic mass is 35.5. The van der Waals surface area contributed by atoms with Gasteiger partial charge in [0.05, 0.1) is 38.9 Å². The number of carboxylic acid groups (broad SMARTS) is 1. The van der Waals surface area contributed by atoms with Gasteiger partial charge in [0, 0.05) is 35.2 Å². The standard InChI is InChI=1S/C47H54ClN3O14S4/c1-46(2)38-27-34(48)30-50(22-7-9-24-66(54,55)56)45(38)49-41(46)20-16-32(33-14-11-13-31(26-33)12-5-6-15-43(52)53)17-21-42-47(3,4)44-37-28-35(68(60,61)62)29-40(69(63,64)65)36(37)18-19-39(44)51(42)23-8-10-25-67(57,58)59/h11,13-14,16-21,26-30H,5-10,12,15,22-25H2,1-4H3,(H4-,52,53,54,55,56,57,58,59,60,61,62,63,64,65)/p+1. The van der Waals surface area contributed by atoms with Gasteiger partial charge in [0.15, 0.2) is 5.71 Å². The Labute approximate surface area is 407 Å². The van der Waals surface area contributed by atoms with Crippen LogP contribution in [-0.4, -0.2) is 86.7 Å². The molecule has 4 aromatic rings. The number of aliphatic imine (C=N–C) groups is 1. The molecule has 69 heavy (non-hydrogen) atoms. The number of carboxylic acids is 1. The number of fused-ring (bicyclic) bond motifs is 4. The van der Waals surface area contributed by atoms with Gasteiger partial charge < -0.3 is 10.0 Å². The van der Waals surface area contributed by atoms with Crippen LogP contribution in [-0.2, 0) is 69.1 Å². The Bertz CT molecular complexity index is 3290. The molecule has 0 spiro atoms. The second-order valence-corrected chi connectivity index (χ2v) is 24.6. The monoisotopic (exact) mass is 1050 g/mol. The quantitative estimate of drug-likeness (QED) is 0.0228. The van der Waals surface area contributed by atoms with Crippen molar-refractivity contribution in [3.63, 3.8) is 0 Å². The summed E-state index contributed by atoms with van der Waals surface area (Å²) in [5.74, 6) is -1.14. The first-order valence-corrected chi connectivity index (χ1v) is 28.4. The lowest BCUT2D eigenvalue weighted by Gasteiger charge is -2.27. The predicted molar refractivity (Wildman–Crippen MR) is 264 cm³/mol. The van der Waals surface area contributed by atoms with Crippen LogP contribution < -0.4 is 9.47 Å². The van der Waals surface area contributed by atoms with Crippen molar-refractivity contribution in [3.05, 3.63) is 118 Å². The van der Waals surface area contributed by atoms with Crippen LogP contribution in [0.1, 0.15) is 94.9 Å². The van der Waals surface area contributed by atoms with Crippen molar-refractivity contribution in [2.24, 2.45) is 4.99 Å². The van der Waals surface area contributed by atoms with Crippen molar-refractivity contribution in [1.82, 2.24) is 0 Å². The average molecular weight is 1050 g/mol. The number of allylic oxidation sites excluding steroid dienone is 6. The number of unbranched alkanes of at least 4 members (excludes halogenated alkanes) is 3. The van der Waals surface area contributed by atoms with Crippen LogP contribution in [0, 0.1) is 0 Å². The molecule has 5 N–H and O–H groups in total. The summed E-state index contributed by atoms with van der Waals surface area (Å²) in [5, 5.41) is 9.75. The van der Waals surface area contributed by atoms with Crippen molar-refractivity contribution >= 4 is 91.6 Å². The number of pyridine rings is 1. The zero-order chi connectivity index (χ0) is 50.9. The smallest absolute Gasteiger partial charge is 0.327 e. The molecule has 2 aliphatic rings. The van der Waals surface area contributed by atoms with E-state index in [-0.39, 0.29) is 48.8 Å². The maximum Gasteiger partial charge on any atom is 0.327 e. The Balaban J connectivity index is 1.51. The van der Waals surface area contributed by atoms with Gasteiger partial charge in [-0.1, -0.05) is 67.9 Å². The van der Waals surface area contributed by atoms with E-state index in [2.05, 4.69) is 0 Å². The molecule has 0 amide bonds. The normalized spacial score (nSPS) is 16.7. The SMILES string of the molecule is CC1(C)C(/C=C/C(=C/C=C2\N(CCCCS(=O)(=O)O)c3ccc4c(S(=O)(=O)O)cc(S(=O)(=O)O)cc4c3C2(C)C)c2cccc(CCCCC(=O)O)c2)=Nc2c1cc(Cl)c[n+]2CCCCS(=O)(=O)O. The van der Waals surface area contributed by atoms with E-state index >= 15 is 0 Å². The van der Waals surface area contributed by atoms with Crippen LogP contribution in [0.15, 0.2) is 106 Å². The molecule has 0 unspecified atom stereocenters. The molecule has 17 nitrogen and oxygen atoms in total. The number of carbonyl (C=O) groups is 1. The molecule has 6 rings (SSSR count). The highest BCUT2D eigenvalue weighted by Gasteiger charge is 2.44. The van der Waals surface area contributed by atoms with Crippen molar-refractivity contribution in [3.8, 4) is 0 Å². The highest BCUT2D eigenvalue weighted by molar-refractivity contribution is 7.87. The van der Waals surface area contributed by atoms with Gasteiger partial charge in [-0.2, -0.15) is 33.7 Å². The number of benzene rings is 3. The molecule has 0 aliphatic carbocycles. The van der Waals surface area contributed by atoms with Crippen LogP contribution in [0.3, 0.4) is 0 Å². The molecular weight excluding hydrogens is 994 g/mol. The zero-order valence-corrected chi connectivity index (χ0v) is 42.4. The van der Waals surface area contributed by atoms with Gasteiger partial charge in [-0.05, 0) is 128 Å². The van der Waals surface area contributed by atoms with E-state index in [0.717, 1.165) is 22.8 Å². The maximum atomic E-state index is 12.7. The minimum atomic E-state index is -5.02. The Morgan fingerprint density at radius 2 is 1.46 bits per heavy atom. The van der Waals surface area contributed by atoms with Gasteiger partial charge in [0.25, 0.3) is 40.5 Å². The second-order valence-electron chi connectivity index (χ2n) is 18.2. The number of anilines is 1. The van der Waals surface area contributed by atoms with Crippen LogP contribution >= 0.6 is 11.6 Å². The average Bonchev–Trinajstić information content (AvgIpc) is 3.61. The Kier molecular flexibility index (Phi) is 15.9. The summed E-state index contributed by atoms with van der Waals surface area (Å²) in [4.78, 5) is 16.7. The third kappa shape index (κ3) is 12.9. The number of hydrogen-bond acceptors (Lipinski definition) is 11. The Hall–Kier alpha value is -4.84. The summed E-state index contributed by atoms with van der Waals surface area (Å²) in [7, 11) is -18.4. The molecule has 0 bridgehead atoms. The van der Waals surface area contributed by atoms with E-state index in [1.165, 1.54) is 6.07 Å². The molecule has 3 heterocycles. The van der Waals surface area contributed by atoms with Crippen LogP contribution in [0.4, 0.5) is 11.5 Å². The molecule has 22 heteroatoms. The first-order valence-electron chi connectivity index (χ1n) is 22.0.